The van der Waals surface area contributed by atoms with Crippen molar-refractivity contribution in [3.05, 3.63) is 28.8 Å². The van der Waals surface area contributed by atoms with E-state index < -0.39 is 12.0 Å². The summed E-state index contributed by atoms with van der Waals surface area (Å²) < 4.78 is 25.3. The molecular formula is C12H17F2NO. The summed E-state index contributed by atoms with van der Waals surface area (Å²) in [5.41, 5.74) is 6.23. The molecule has 0 fully saturated rings. The smallest absolute Gasteiger partial charge is 0.267 e. The Hall–Kier alpha value is -1.16. The molecule has 1 aromatic rings. The van der Waals surface area contributed by atoms with Gasteiger partial charge in [0.1, 0.15) is 5.75 Å². The zero-order valence-electron chi connectivity index (χ0n) is 9.72. The molecule has 0 heterocycles. The second-order valence-electron chi connectivity index (χ2n) is 4.82. The van der Waals surface area contributed by atoms with Crippen LogP contribution in [0.2, 0.25) is 0 Å². The highest BCUT2D eigenvalue weighted by Crippen LogP contribution is 2.32. The van der Waals surface area contributed by atoms with Crippen molar-refractivity contribution in [1.82, 2.24) is 0 Å². The number of phenolic OH excluding ortho intramolecular Hbond substituents is 1. The average Bonchev–Trinajstić information content (AvgIpc) is 2.07. The Labute approximate surface area is 94.1 Å². The lowest BCUT2D eigenvalue weighted by molar-refractivity contribution is 0.147. The normalized spacial score (nSPS) is 12.2. The van der Waals surface area contributed by atoms with Crippen LogP contribution in [0.1, 0.15) is 37.0 Å². The number of nitrogens with two attached hydrogens (primary N) is 1. The van der Waals surface area contributed by atoms with Gasteiger partial charge in [0.2, 0.25) is 0 Å². The van der Waals surface area contributed by atoms with Crippen molar-refractivity contribution in [2.75, 3.05) is 0 Å². The highest BCUT2D eigenvalue weighted by Gasteiger charge is 2.18. The van der Waals surface area contributed by atoms with Gasteiger partial charge < -0.3 is 10.8 Å². The second kappa shape index (κ2) is 4.37. The molecule has 3 N–H and O–H groups in total. The van der Waals surface area contributed by atoms with Crippen LogP contribution in [0.25, 0.3) is 0 Å². The van der Waals surface area contributed by atoms with Gasteiger partial charge in [0.15, 0.2) is 0 Å². The number of halogens is 2. The van der Waals surface area contributed by atoms with Gasteiger partial charge in [-0.15, -0.1) is 0 Å². The monoisotopic (exact) mass is 229 g/mol. The largest absolute Gasteiger partial charge is 0.507 e. The van der Waals surface area contributed by atoms with E-state index in [1.165, 1.54) is 6.07 Å². The molecule has 2 nitrogen and oxygen atoms in total. The molecule has 90 valence electrons. The molecule has 1 aromatic carbocycles. The van der Waals surface area contributed by atoms with Crippen molar-refractivity contribution >= 4 is 0 Å². The minimum Gasteiger partial charge on any atom is -0.507 e. The molecule has 0 unspecified atom stereocenters. The first kappa shape index (κ1) is 12.9. The first-order valence-corrected chi connectivity index (χ1v) is 5.10. The molecule has 0 saturated heterocycles. The number of rotatable bonds is 3. The van der Waals surface area contributed by atoms with Gasteiger partial charge in [0, 0.05) is 5.54 Å². The summed E-state index contributed by atoms with van der Waals surface area (Å²) >= 11 is 0. The minimum atomic E-state index is -2.67. The Bertz CT molecular complexity index is 383. The van der Waals surface area contributed by atoms with E-state index in [2.05, 4.69) is 0 Å². The van der Waals surface area contributed by atoms with E-state index in [0.29, 0.717) is 12.0 Å². The zero-order chi connectivity index (χ0) is 12.5. The maximum atomic E-state index is 12.6. The molecule has 0 spiro atoms. The summed E-state index contributed by atoms with van der Waals surface area (Å²) in [7, 11) is 0. The van der Waals surface area contributed by atoms with Crippen LogP contribution in [0.15, 0.2) is 12.1 Å². The van der Waals surface area contributed by atoms with Gasteiger partial charge in [-0.1, -0.05) is 6.07 Å². The average molecular weight is 229 g/mol. The Morgan fingerprint density at radius 1 is 1.38 bits per heavy atom. The summed E-state index contributed by atoms with van der Waals surface area (Å²) in [6.07, 6.45) is -2.17. The molecule has 0 aliphatic rings. The van der Waals surface area contributed by atoms with Gasteiger partial charge in [0.05, 0.1) is 5.56 Å². The zero-order valence-corrected chi connectivity index (χ0v) is 9.72. The number of aryl methyl sites for hydroxylation is 1. The Morgan fingerprint density at radius 2 is 1.94 bits per heavy atom. The first-order valence-electron chi connectivity index (χ1n) is 5.10. The Morgan fingerprint density at radius 3 is 2.38 bits per heavy atom. The number of hydrogen-bond donors (Lipinski definition) is 2. The minimum absolute atomic E-state index is 0.320. The highest BCUT2D eigenvalue weighted by atomic mass is 19.3. The molecule has 0 radical (unpaired) electrons. The molecule has 0 amide bonds. The number of hydrogen-bond acceptors (Lipinski definition) is 2. The number of alkyl halides is 2. The molecule has 0 bridgehead atoms. The third-order valence-corrected chi connectivity index (χ3v) is 2.28. The lowest BCUT2D eigenvalue weighted by Gasteiger charge is -2.19. The summed E-state index contributed by atoms with van der Waals surface area (Å²) in [5.74, 6) is -0.325. The summed E-state index contributed by atoms with van der Waals surface area (Å²) in [5, 5.41) is 9.48. The lowest BCUT2D eigenvalue weighted by Crippen LogP contribution is -2.34. The van der Waals surface area contributed by atoms with Gasteiger partial charge >= 0.3 is 0 Å². The Kier molecular flexibility index (Phi) is 3.53. The van der Waals surface area contributed by atoms with Crippen molar-refractivity contribution in [3.8, 4) is 5.75 Å². The third-order valence-electron chi connectivity index (χ3n) is 2.28. The fraction of sp³-hybridized carbons (Fsp3) is 0.500. The van der Waals surface area contributed by atoms with Crippen LogP contribution in [-0.4, -0.2) is 10.6 Å². The first-order chi connectivity index (χ1) is 7.20. The molecule has 0 atom stereocenters. The van der Waals surface area contributed by atoms with Crippen LogP contribution in [0.5, 0.6) is 5.75 Å². The Balaban J connectivity index is 3.14. The highest BCUT2D eigenvalue weighted by molar-refractivity contribution is 5.44. The van der Waals surface area contributed by atoms with Crippen molar-refractivity contribution in [1.29, 1.82) is 0 Å². The predicted octanol–water partition coefficient (Wildman–Crippen LogP) is 2.92. The van der Waals surface area contributed by atoms with Crippen molar-refractivity contribution in [3.63, 3.8) is 0 Å². The maximum absolute atomic E-state index is 12.6. The third kappa shape index (κ3) is 3.17. The standard InChI is InChI=1S/C12H17F2NO/c1-7-4-8(6-12(2,3)15)5-9(10(7)16)11(13)14/h4-5,11,16H,6,15H2,1-3H3. The number of benzene rings is 1. The van der Waals surface area contributed by atoms with Gasteiger partial charge in [-0.3, -0.25) is 0 Å². The van der Waals surface area contributed by atoms with Crippen LogP contribution in [0.3, 0.4) is 0 Å². The van der Waals surface area contributed by atoms with Crippen LogP contribution < -0.4 is 5.73 Å². The van der Waals surface area contributed by atoms with E-state index in [-0.39, 0.29) is 11.3 Å². The molecule has 4 heteroatoms. The van der Waals surface area contributed by atoms with Crippen LogP contribution in [0, 0.1) is 6.92 Å². The summed E-state index contributed by atoms with van der Waals surface area (Å²) in [6.45, 7) is 5.27. The quantitative estimate of drug-likeness (QED) is 0.837. The van der Waals surface area contributed by atoms with Crippen molar-refractivity contribution in [2.24, 2.45) is 5.73 Å². The van der Waals surface area contributed by atoms with Crippen LogP contribution in [-0.2, 0) is 6.42 Å². The van der Waals surface area contributed by atoms with E-state index in [9.17, 15) is 13.9 Å². The van der Waals surface area contributed by atoms with E-state index in [0.717, 1.165) is 5.56 Å². The predicted molar refractivity (Wildman–Crippen MR) is 59.8 cm³/mol. The number of phenols is 1. The van der Waals surface area contributed by atoms with Crippen molar-refractivity contribution < 1.29 is 13.9 Å². The van der Waals surface area contributed by atoms with E-state index in [1.54, 1.807) is 13.0 Å². The van der Waals surface area contributed by atoms with Gasteiger partial charge in [-0.25, -0.2) is 8.78 Å². The fourth-order valence-electron chi connectivity index (χ4n) is 1.68. The van der Waals surface area contributed by atoms with E-state index >= 15 is 0 Å². The van der Waals surface area contributed by atoms with E-state index in [1.807, 2.05) is 13.8 Å². The van der Waals surface area contributed by atoms with Crippen LogP contribution >= 0.6 is 0 Å². The molecular weight excluding hydrogens is 212 g/mol. The summed E-state index contributed by atoms with van der Waals surface area (Å²) in [4.78, 5) is 0. The number of aromatic hydroxyl groups is 1. The maximum Gasteiger partial charge on any atom is 0.267 e. The summed E-state index contributed by atoms with van der Waals surface area (Å²) in [6, 6.07) is 3.01. The van der Waals surface area contributed by atoms with Gasteiger partial charge in [0.25, 0.3) is 6.43 Å². The SMILES string of the molecule is Cc1cc(CC(C)(C)N)cc(C(F)F)c1O. The topological polar surface area (TPSA) is 46.2 Å². The van der Waals surface area contributed by atoms with Crippen molar-refractivity contribution in [2.45, 2.75) is 39.2 Å². The fourth-order valence-corrected chi connectivity index (χ4v) is 1.68. The van der Waals surface area contributed by atoms with Gasteiger partial charge in [-0.05, 0) is 44.4 Å². The molecule has 0 aromatic heterocycles. The molecule has 0 aliphatic heterocycles. The molecule has 0 saturated carbocycles. The molecule has 16 heavy (non-hydrogen) atoms. The van der Waals surface area contributed by atoms with E-state index in [4.69, 9.17) is 5.73 Å². The molecule has 0 aliphatic carbocycles. The van der Waals surface area contributed by atoms with Gasteiger partial charge in [-0.2, -0.15) is 0 Å². The lowest BCUT2D eigenvalue weighted by atomic mass is 9.93. The molecule has 1 rings (SSSR count). The second-order valence-corrected chi connectivity index (χ2v) is 4.82. The van der Waals surface area contributed by atoms with Crippen LogP contribution in [0.4, 0.5) is 8.78 Å².